The van der Waals surface area contributed by atoms with Crippen LogP contribution in [0, 0.1) is 108 Å². The summed E-state index contributed by atoms with van der Waals surface area (Å²) in [4.78, 5) is 0. The van der Waals surface area contributed by atoms with E-state index in [2.05, 4.69) is 149 Å². The topological polar surface area (TPSA) is 0 Å². The van der Waals surface area contributed by atoms with Crippen LogP contribution in [0.1, 0.15) is 69.7 Å². The molecule has 0 aliphatic rings. The van der Waals surface area contributed by atoms with E-state index in [-0.39, 0.29) is 9.84 Å². The minimum Gasteiger partial charge on any atom is -0.106 e. The van der Waals surface area contributed by atoms with Crippen LogP contribution in [-0.2, 0) is 0 Å². The Kier molecular flexibility index (Phi) is 17.9. The normalized spacial score (nSPS) is 9.76. The molecule has 0 N–H and O–H groups in total. The lowest BCUT2D eigenvalue weighted by molar-refractivity contribution is 2.33. The van der Waals surface area contributed by atoms with Gasteiger partial charge in [-0.2, -0.15) is 0 Å². The number of hydrogen-bond donors (Lipinski definition) is 0. The van der Waals surface area contributed by atoms with Crippen molar-refractivity contribution in [2.45, 2.75) is 0 Å². The minimum atomic E-state index is -0.667. The Morgan fingerprint density at radius 2 is 0.667 bits per heavy atom. The Morgan fingerprint density at radius 3 is 0.758 bits per heavy atom. The lowest BCUT2D eigenvalue weighted by Gasteiger charge is -1.85. The second-order valence-electron chi connectivity index (χ2n) is 3.58. The van der Waals surface area contributed by atoms with E-state index in [0.717, 1.165) is 7.06 Å². The summed E-state index contributed by atoms with van der Waals surface area (Å²) in [6.45, 7) is 0. The summed E-state index contributed by atoms with van der Waals surface area (Å²) in [6.07, 6.45) is 8.63. The molecule has 0 aliphatic heterocycles. The molecule has 0 atom stereocenters. The Labute approximate surface area is 292 Å². The fourth-order valence-corrected chi connectivity index (χ4v) is 0.447. The smallest absolute Gasteiger partial charge is 0 e. The van der Waals surface area contributed by atoms with Gasteiger partial charge in [0, 0.05) is 182 Å². The van der Waals surface area contributed by atoms with Crippen LogP contribution in [0.3, 0.4) is 0 Å². The van der Waals surface area contributed by atoms with Gasteiger partial charge in [0.1, 0.15) is 0 Å². The zero-order valence-corrected chi connectivity index (χ0v) is 17.8. The average Bonchev–Trinajstić information content (AvgIpc) is 3.59. The predicted molar refractivity (Wildman–Crippen MR) is 209 cm³/mol. The van der Waals surface area contributed by atoms with Crippen LogP contribution in [0.15, 0.2) is 0 Å². The maximum absolute atomic E-state index is 5.00. The Bertz CT molecular complexity index is 972. The SMILES string of the molecule is C#CC#CC#CC#CC#CC#CC#CC#CC#C.[2HH].[2H][2H].[2H][2H].[2H][2H].[2H][2H].[2H][2H].[2H][2H].[2H][2H].[2H][2H].[2H][2H].[2H][2H].[2H][2H].[2H][2H].[2H][2H].[2H][2H].[2H][2H].[2H][2H].[2H][2H].[2H][2H].[2H][2H].[2H][2H].[2H][2H].[2H][2H].[2H][2H].[B].[B]B([B])[B].[B][B].[B][B]B([B])[B].[B][B][B]. The molecule has 0 aromatic carbocycles. The molecule has 0 rings (SSSR count). The van der Waals surface area contributed by atoms with Gasteiger partial charge in [0.15, 0.2) is 0 Å². The molecule has 25 radical (unpaired) electrons. The van der Waals surface area contributed by atoms with Crippen LogP contribution in [0.2, 0.25) is 0 Å². The van der Waals surface area contributed by atoms with Crippen LogP contribution in [0.4, 0.5) is 0 Å². The number of rotatable bonds is 1. The Hall–Kier alpha value is -2.99. The molecular formula is C18H50B15. The lowest BCUT2D eigenvalue weighted by atomic mass is 8.97. The summed E-state index contributed by atoms with van der Waals surface area (Å²) in [5.41, 5.74) is 0. The van der Waals surface area contributed by atoms with Crippen molar-refractivity contribution in [3.63, 3.8) is 0 Å². The van der Waals surface area contributed by atoms with E-state index in [1.54, 1.807) is 0 Å². The first-order chi connectivity index (χ1) is 38.3. The molecule has 0 saturated carbocycles. The summed E-state index contributed by atoms with van der Waals surface area (Å²) in [5, 5.41) is 0. The first-order valence-corrected chi connectivity index (χ1v) is 7.66. The van der Waals surface area contributed by atoms with Gasteiger partial charge in [0.25, 0.3) is 0 Å². The molecule has 0 nitrogen and oxygen atoms in total. The predicted octanol–water partition coefficient (Wildman–Crippen LogP) is 0.469. The molecule has 0 saturated heterocycles. The molecule has 0 amide bonds. The van der Waals surface area contributed by atoms with Crippen LogP contribution in [0.25, 0.3) is 0 Å². The molecule has 0 spiro atoms. The highest BCUT2D eigenvalue weighted by molar-refractivity contribution is 7.60. The van der Waals surface area contributed by atoms with Gasteiger partial charge in [0.05, 0.1) is 0 Å². The Morgan fingerprint density at radius 1 is 0.545 bits per heavy atom. The third-order valence-electron chi connectivity index (χ3n) is 1.18. The molecule has 0 aromatic rings. The summed E-state index contributed by atoms with van der Waals surface area (Å²) < 4.78 is 230. The van der Waals surface area contributed by atoms with Gasteiger partial charge in [0.2, 0.25) is 0 Å². The van der Waals surface area contributed by atoms with Gasteiger partial charge in [-0.05, 0) is 94.7 Å². The van der Waals surface area contributed by atoms with Crippen molar-refractivity contribution in [3.8, 4) is 108 Å². The lowest BCUT2D eigenvalue weighted by Crippen LogP contribution is -2.23. The van der Waals surface area contributed by atoms with Crippen molar-refractivity contribution in [1.29, 1.82) is 0 Å². The van der Waals surface area contributed by atoms with E-state index in [4.69, 9.17) is 104 Å². The molecule has 0 bridgehead atoms. The monoisotopic (exact) mass is 479 g/mol. The van der Waals surface area contributed by atoms with Crippen molar-refractivity contribution in [2.24, 2.45) is 0 Å². The van der Waals surface area contributed by atoms with Crippen molar-refractivity contribution in [1.82, 2.24) is 0 Å². The zero-order valence-electron chi connectivity index (χ0n) is 63.8. The van der Waals surface area contributed by atoms with Crippen LogP contribution in [0.5, 0.6) is 0 Å². The van der Waals surface area contributed by atoms with Gasteiger partial charge in [-0.1, -0.05) is 0 Å². The largest absolute Gasteiger partial charge is 0.106 e. The number of terminal acetylenes is 2. The maximum Gasteiger partial charge on any atom is 0 e. The molecule has 33 heavy (non-hydrogen) atoms. The fourth-order valence-electron chi connectivity index (χ4n) is 0.447. The maximum atomic E-state index is 5.00. The van der Waals surface area contributed by atoms with Crippen LogP contribution < -0.4 is 0 Å². The highest BCUT2D eigenvalue weighted by Gasteiger charge is 1.85. The molecule has 0 unspecified atom stereocenters. The van der Waals surface area contributed by atoms with E-state index >= 15 is 0 Å². The fraction of sp³-hybridized carbons (Fsp3) is 0. The van der Waals surface area contributed by atoms with E-state index in [0.29, 0.717) is 0 Å². The van der Waals surface area contributed by atoms with Gasteiger partial charge in [-0.15, -0.1) is 12.8 Å². The summed E-state index contributed by atoms with van der Waals surface area (Å²) >= 11 is 0. The standard InChI is InChI=1S/C18H2.B5.B4.B3.B2.B.24H2/c1-3-5-7-9-11-13-15-17-18-16-14-12-10-8-6-4-2;1-4-5(2)3;1-4(2)3;1-3-2;1-2;;;;;;;;;;;;;;;;;;;;;;;;;/h1-2H;;;;;;24*1H/i;;;;;;23*1+1D;1+1. The molecule has 15 heteroatoms. The van der Waals surface area contributed by atoms with Gasteiger partial charge in [-0.3, -0.25) is 0 Å². The van der Waals surface area contributed by atoms with E-state index in [1.807, 2.05) is 0 Å². The molecule has 0 heterocycles. The zero-order chi connectivity index (χ0) is 71.9. The highest BCUT2D eigenvalue weighted by Crippen LogP contribution is 1.57. The summed E-state index contributed by atoms with van der Waals surface area (Å²) in [7, 11) is 47.8. The first-order valence-electron chi connectivity index (χ1n) is 30.7. The minimum absolute atomic E-state index is 0. The van der Waals surface area contributed by atoms with Crippen molar-refractivity contribution in [3.05, 3.63) is 0 Å². The number of hydrogen-bond acceptors (Lipinski definition) is 0. The quantitative estimate of drug-likeness (QED) is 0.382. The van der Waals surface area contributed by atoms with Crippen LogP contribution >= 0.6 is 0 Å². The molecular weight excluding hydrogens is 378 g/mol. The Balaban J connectivity index is -0.0000000125. The molecule has 0 aliphatic carbocycles. The second-order valence-corrected chi connectivity index (χ2v) is 3.58. The van der Waals surface area contributed by atoms with Crippen LogP contribution in [-0.4, -0.2) is 113 Å². The van der Waals surface area contributed by atoms with Crippen molar-refractivity contribution in [2.75, 3.05) is 0 Å². The van der Waals surface area contributed by atoms with E-state index in [1.165, 1.54) is 7.06 Å². The van der Waals surface area contributed by atoms with Crippen molar-refractivity contribution < 1.29 is 69.7 Å². The third kappa shape index (κ3) is 108. The summed E-state index contributed by atoms with van der Waals surface area (Å²) in [6, 6.07) is 0. The van der Waals surface area contributed by atoms with Gasteiger partial charge >= 0.3 is 0 Å². The highest BCUT2D eigenvalue weighted by atomic mass is 13.6. The van der Waals surface area contributed by atoms with Gasteiger partial charge in [-0.25, -0.2) is 0 Å². The first kappa shape index (κ1) is 11.4. The molecule has 167 valence electrons. The molecule has 0 fully saturated rings. The molecule has 0 aromatic heterocycles. The van der Waals surface area contributed by atoms with E-state index in [9.17, 15) is 0 Å². The third-order valence-corrected chi connectivity index (χ3v) is 1.18. The second kappa shape index (κ2) is 51.6. The van der Waals surface area contributed by atoms with E-state index < -0.39 is 12.8 Å². The summed E-state index contributed by atoms with van der Waals surface area (Å²) in [5.74, 6) is 38.2. The average molecular weight is 476 g/mol. The van der Waals surface area contributed by atoms with Crippen molar-refractivity contribution >= 4 is 113 Å². The van der Waals surface area contributed by atoms with Gasteiger partial charge < -0.3 is 0 Å².